The van der Waals surface area contributed by atoms with Gasteiger partial charge in [-0.2, -0.15) is 27.0 Å². The number of likely N-dealkylation sites (N-methyl/N-ethyl adjacent to an activating group) is 2. The maximum atomic E-state index is 13.6. The van der Waals surface area contributed by atoms with Crippen molar-refractivity contribution in [3.63, 3.8) is 0 Å². The fourth-order valence-electron chi connectivity index (χ4n) is 6.13. The zero-order chi connectivity index (χ0) is 49.6. The van der Waals surface area contributed by atoms with E-state index in [1.165, 1.54) is 34.1 Å². The fraction of sp³-hybridized carbons (Fsp3) is 0.208. The first-order chi connectivity index (χ1) is 32.7. The molecule has 16 nitrogen and oxygen atoms in total. The van der Waals surface area contributed by atoms with Gasteiger partial charge in [-0.3, -0.25) is 15.1 Å². The summed E-state index contributed by atoms with van der Waals surface area (Å²) in [4.78, 5) is 61.3. The molecule has 4 aromatic carbocycles. The summed E-state index contributed by atoms with van der Waals surface area (Å²) >= 11 is 11.7. The number of hydrogen-bond acceptors (Lipinski definition) is 8. The third-order valence-corrected chi connectivity index (χ3v) is 10.8. The minimum Gasteiger partial charge on any atom is -0.447 e. The van der Waals surface area contributed by atoms with Crippen LogP contribution in [-0.2, 0) is 17.8 Å². The molecule has 0 fully saturated rings. The van der Waals surface area contributed by atoms with Gasteiger partial charge in [0.05, 0.1) is 28.7 Å². The Labute approximate surface area is 427 Å². The van der Waals surface area contributed by atoms with Crippen molar-refractivity contribution in [2.75, 3.05) is 32.6 Å². The van der Waals surface area contributed by atoms with E-state index in [0.717, 1.165) is 21.5 Å². The largest absolute Gasteiger partial charge is 0.447 e. The van der Waals surface area contributed by atoms with E-state index in [9.17, 15) is 33.1 Å². The van der Waals surface area contributed by atoms with E-state index < -0.39 is 35.7 Å². The number of aliphatic hydroxyl groups is 1. The number of rotatable bonds is 15. The molecule has 22 heteroatoms. The van der Waals surface area contributed by atoms with E-state index in [1.54, 1.807) is 62.9 Å². The molecule has 0 spiro atoms. The predicted molar refractivity (Wildman–Crippen MR) is 280 cm³/mol. The van der Waals surface area contributed by atoms with Gasteiger partial charge in [0.1, 0.15) is 29.8 Å². The summed E-state index contributed by atoms with van der Waals surface area (Å²) < 4.78 is 32.1. The van der Waals surface area contributed by atoms with E-state index in [0.29, 0.717) is 29.8 Å². The van der Waals surface area contributed by atoms with Gasteiger partial charge in [-0.05, 0) is 69.7 Å². The van der Waals surface area contributed by atoms with Crippen LogP contribution in [0.1, 0.15) is 34.5 Å². The van der Waals surface area contributed by atoms with E-state index in [-0.39, 0.29) is 81.1 Å². The van der Waals surface area contributed by atoms with Gasteiger partial charge in [-0.15, -0.1) is 13.2 Å². The summed E-state index contributed by atoms with van der Waals surface area (Å²) in [6, 6.07) is 25.7. The number of urea groups is 2. The second-order valence-electron chi connectivity index (χ2n) is 14.6. The number of halogens is 4. The number of carbonyl (C=O) groups is 4. The van der Waals surface area contributed by atoms with E-state index in [1.807, 2.05) is 48.5 Å². The Hall–Kier alpha value is -6.93. The lowest BCUT2D eigenvalue weighted by Crippen LogP contribution is -2.45. The average molecular weight is 1040 g/mol. The Morgan fingerprint density at radius 2 is 1.23 bits per heavy atom. The quantitative estimate of drug-likeness (QED) is 0.0335. The van der Waals surface area contributed by atoms with Crippen LogP contribution in [0.5, 0.6) is 0 Å². The first-order valence-electron chi connectivity index (χ1n) is 20.6. The van der Waals surface area contributed by atoms with Gasteiger partial charge in [0.15, 0.2) is 0 Å². The Morgan fingerprint density at radius 1 is 0.757 bits per heavy atom. The van der Waals surface area contributed by atoms with Gasteiger partial charge in [-0.25, -0.2) is 28.1 Å². The SMILES string of the molecule is C=CC[C@@H](CO)N(C)C(=O)NCc1cccc(F)c1Cl.C=CC[C@@H](COC(=O)Nc1cc2ccccc2cn1)N(C)C(=O)NCc1cccc(F)c1Cl.S.S.[N-]=[N+]=NC(=O)c1cc2ccccc2cn1. The van der Waals surface area contributed by atoms with Crippen molar-refractivity contribution in [3.05, 3.63) is 184 Å². The second kappa shape index (κ2) is 30.5. The summed E-state index contributed by atoms with van der Waals surface area (Å²) in [5, 5.41) is 23.8. The number of pyridine rings is 2. The first-order valence-corrected chi connectivity index (χ1v) is 21.4. The fourth-order valence-corrected chi connectivity index (χ4v) is 6.51. The molecule has 6 amide bonds. The molecule has 4 N–H and O–H groups in total. The highest BCUT2D eigenvalue weighted by atomic mass is 35.5. The molecular weight excluding hydrogens is 986 g/mol. The van der Waals surface area contributed by atoms with Crippen LogP contribution in [0.25, 0.3) is 32.0 Å². The molecule has 0 unspecified atom stereocenters. The standard InChI is InChI=1S/C24H24ClFN4O3.C14H18ClFN2O2.C10H6N4O.2H2S/c1-3-7-19(30(2)23(31)28-14-18-10-6-11-20(26)22(18)25)15-33-24(32)29-21-12-16-8-4-5-9-17(16)13-27-21;1-3-5-11(9-19)18(2)14(20)17-8-10-6-4-7-12(16)13(10)15;11-14-13-10(15)9-5-7-3-1-2-4-8(7)6-12-9;;/h3-6,8-13,19H,1,7,14-15H2,2H3,(H,28,31)(H,27,29,32);3-4,6-7,11,19H,1,5,8-9H2,2H3,(H,17,20);1-6H;2*1H2/t19-;11-;;;/m00.../s1. The molecule has 0 bridgehead atoms. The highest BCUT2D eigenvalue weighted by Gasteiger charge is 2.22. The van der Waals surface area contributed by atoms with Crippen molar-refractivity contribution >= 4 is 102 Å². The lowest BCUT2D eigenvalue weighted by molar-refractivity contribution is 0.0995. The third-order valence-electron chi connectivity index (χ3n) is 10.0. The molecule has 0 radical (unpaired) electrons. The Bertz CT molecular complexity index is 2790. The molecule has 70 heavy (non-hydrogen) atoms. The minimum absolute atomic E-state index is 0. The van der Waals surface area contributed by atoms with Crippen molar-refractivity contribution in [2.24, 2.45) is 5.11 Å². The van der Waals surface area contributed by atoms with Crippen molar-refractivity contribution < 1.29 is 37.8 Å². The number of hydrogen-bond donors (Lipinski definition) is 4. The number of aromatic nitrogens is 2. The summed E-state index contributed by atoms with van der Waals surface area (Å²) in [5.41, 5.74) is 9.23. The summed E-state index contributed by atoms with van der Waals surface area (Å²) in [6.45, 7) is 7.23. The van der Waals surface area contributed by atoms with Gasteiger partial charge in [0.2, 0.25) is 0 Å². The monoisotopic (exact) mass is 1040 g/mol. The number of anilines is 1. The van der Waals surface area contributed by atoms with Crippen LogP contribution in [-0.4, -0.2) is 88.3 Å². The lowest BCUT2D eigenvalue weighted by atomic mass is 10.1. The van der Waals surface area contributed by atoms with Crippen LogP contribution in [0.15, 0.2) is 140 Å². The van der Waals surface area contributed by atoms with Crippen LogP contribution >= 0.6 is 50.2 Å². The molecule has 2 atom stereocenters. The van der Waals surface area contributed by atoms with Crippen molar-refractivity contribution in [1.29, 1.82) is 0 Å². The number of amides is 6. The molecule has 6 aromatic rings. The zero-order valence-corrected chi connectivity index (χ0v) is 41.5. The van der Waals surface area contributed by atoms with Gasteiger partial charge >= 0.3 is 18.2 Å². The number of ether oxygens (including phenoxy) is 1. The summed E-state index contributed by atoms with van der Waals surface area (Å²) in [6.07, 6.45) is 6.70. The Morgan fingerprint density at radius 3 is 1.73 bits per heavy atom. The van der Waals surface area contributed by atoms with Gasteiger partial charge < -0.3 is 30.3 Å². The molecule has 0 aliphatic rings. The number of azide groups is 1. The van der Waals surface area contributed by atoms with Crippen LogP contribution in [0.4, 0.5) is 29.0 Å². The number of benzene rings is 4. The molecule has 0 aliphatic carbocycles. The normalized spacial score (nSPS) is 10.8. The highest BCUT2D eigenvalue weighted by Crippen LogP contribution is 2.21. The van der Waals surface area contributed by atoms with Gasteiger partial charge in [0.25, 0.3) is 5.91 Å². The third kappa shape index (κ3) is 17.9. The topological polar surface area (TPSA) is 215 Å². The summed E-state index contributed by atoms with van der Waals surface area (Å²) in [7, 11) is 3.15. The number of nitrogens with zero attached hydrogens (tertiary/aromatic N) is 7. The number of aliphatic hydroxyl groups excluding tert-OH is 1. The summed E-state index contributed by atoms with van der Waals surface area (Å²) in [5.74, 6) is -1.38. The maximum Gasteiger partial charge on any atom is 0.412 e. The lowest BCUT2D eigenvalue weighted by Gasteiger charge is -2.27. The number of carbonyl (C=O) groups excluding carboxylic acids is 4. The number of nitrogens with one attached hydrogen (secondary N) is 3. The molecule has 0 saturated heterocycles. The molecule has 370 valence electrons. The molecule has 6 rings (SSSR count). The van der Waals surface area contributed by atoms with Crippen LogP contribution in [0, 0.1) is 11.6 Å². The molecular formula is C48H52Cl2F2N10O6S2. The van der Waals surface area contributed by atoms with E-state index in [4.69, 9.17) is 33.5 Å². The molecule has 2 heterocycles. The van der Waals surface area contributed by atoms with E-state index in [2.05, 4.69) is 49.1 Å². The predicted octanol–water partition coefficient (Wildman–Crippen LogP) is 10.8. The maximum absolute atomic E-state index is 13.6. The van der Waals surface area contributed by atoms with Crippen molar-refractivity contribution in [1.82, 2.24) is 30.4 Å². The highest BCUT2D eigenvalue weighted by molar-refractivity contribution is 7.59. The second-order valence-corrected chi connectivity index (χ2v) is 15.3. The zero-order valence-electron chi connectivity index (χ0n) is 38.0. The van der Waals surface area contributed by atoms with Crippen molar-refractivity contribution in [2.45, 2.75) is 38.0 Å². The van der Waals surface area contributed by atoms with Gasteiger partial charge in [0, 0.05) is 55.3 Å². The Kier molecular flexibility index (Phi) is 25.8. The average Bonchev–Trinajstić information content (AvgIpc) is 3.35. The van der Waals surface area contributed by atoms with E-state index >= 15 is 0 Å². The number of fused-ring (bicyclic) bond motifs is 2. The molecule has 0 aliphatic heterocycles. The van der Waals surface area contributed by atoms with Crippen LogP contribution < -0.4 is 16.0 Å². The molecule has 0 saturated carbocycles. The van der Waals surface area contributed by atoms with Crippen LogP contribution in [0.2, 0.25) is 10.0 Å². The Balaban J connectivity index is 0.000000387. The molecule has 2 aromatic heterocycles. The first kappa shape index (κ1) is 59.2. The minimum atomic E-state index is -0.688. The smallest absolute Gasteiger partial charge is 0.412 e. The van der Waals surface area contributed by atoms with Crippen molar-refractivity contribution in [3.8, 4) is 0 Å². The van der Waals surface area contributed by atoms with Gasteiger partial charge in [-0.1, -0.05) is 108 Å². The van der Waals surface area contributed by atoms with Crippen LogP contribution in [0.3, 0.4) is 0 Å².